The minimum absolute atomic E-state index is 0.0496. The van der Waals surface area contributed by atoms with Crippen molar-refractivity contribution >= 4 is 21.7 Å². The van der Waals surface area contributed by atoms with Crippen LogP contribution in [0.1, 0.15) is 38.7 Å². The molecule has 1 heterocycles. The molecule has 0 aliphatic heterocycles. The van der Waals surface area contributed by atoms with Gasteiger partial charge in [0, 0.05) is 16.7 Å². The van der Waals surface area contributed by atoms with E-state index in [1.54, 1.807) is 0 Å². The zero-order valence-electron chi connectivity index (χ0n) is 11.5. The Bertz CT molecular complexity index is 476. The van der Waals surface area contributed by atoms with Gasteiger partial charge in [0.2, 0.25) is 0 Å². The molecular weight excluding hydrogens is 333 g/mol. The van der Waals surface area contributed by atoms with E-state index >= 15 is 0 Å². The number of hydrogen-bond acceptors (Lipinski definition) is 2. The molecule has 1 fully saturated rings. The van der Waals surface area contributed by atoms with E-state index in [2.05, 4.69) is 40.1 Å². The molecule has 3 unspecified atom stereocenters. The van der Waals surface area contributed by atoms with Crippen LogP contribution in [0.5, 0.6) is 0 Å². The van der Waals surface area contributed by atoms with Crippen molar-refractivity contribution in [2.45, 2.75) is 45.3 Å². The van der Waals surface area contributed by atoms with Gasteiger partial charge in [-0.3, -0.25) is 0 Å². The van der Waals surface area contributed by atoms with Gasteiger partial charge in [-0.1, -0.05) is 26.7 Å². The van der Waals surface area contributed by atoms with Gasteiger partial charge in [-0.15, -0.1) is 0 Å². The van der Waals surface area contributed by atoms with Crippen molar-refractivity contribution in [2.75, 3.05) is 5.32 Å². The molecule has 1 N–H and O–H groups in total. The molecule has 0 amide bonds. The number of nitrogens with one attached hydrogen (secondary N) is 1. The van der Waals surface area contributed by atoms with Gasteiger partial charge in [0.1, 0.15) is 5.82 Å². The lowest BCUT2D eigenvalue weighted by Gasteiger charge is -2.35. The van der Waals surface area contributed by atoms with Crippen LogP contribution in [-0.2, 0) is 6.18 Å². The molecule has 1 aromatic heterocycles. The van der Waals surface area contributed by atoms with Gasteiger partial charge in [0.15, 0.2) is 0 Å². The van der Waals surface area contributed by atoms with Crippen molar-refractivity contribution < 1.29 is 13.2 Å². The van der Waals surface area contributed by atoms with Crippen molar-refractivity contribution in [3.05, 3.63) is 22.3 Å². The summed E-state index contributed by atoms with van der Waals surface area (Å²) in [6.07, 6.45) is 0.0674. The lowest BCUT2D eigenvalue weighted by atomic mass is 9.78. The van der Waals surface area contributed by atoms with E-state index in [4.69, 9.17) is 0 Å². The number of pyridine rings is 1. The molecule has 0 bridgehead atoms. The molecule has 1 aliphatic rings. The van der Waals surface area contributed by atoms with Crippen molar-refractivity contribution in [1.82, 2.24) is 4.98 Å². The molecule has 0 spiro atoms. The topological polar surface area (TPSA) is 24.9 Å². The summed E-state index contributed by atoms with van der Waals surface area (Å²) in [5, 5.41) is 3.01. The molecule has 2 rings (SSSR count). The van der Waals surface area contributed by atoms with Crippen LogP contribution in [0.25, 0.3) is 0 Å². The Labute approximate surface area is 125 Å². The van der Waals surface area contributed by atoms with Gasteiger partial charge in [-0.2, -0.15) is 13.2 Å². The number of alkyl halides is 3. The fourth-order valence-corrected chi connectivity index (χ4v) is 3.06. The number of halogens is 4. The van der Waals surface area contributed by atoms with Crippen LogP contribution in [0.4, 0.5) is 19.0 Å². The molecule has 0 saturated heterocycles. The van der Waals surface area contributed by atoms with Gasteiger partial charge < -0.3 is 5.32 Å². The van der Waals surface area contributed by atoms with Gasteiger partial charge in [-0.25, -0.2) is 4.98 Å². The minimum atomic E-state index is -4.40. The number of nitrogens with zero attached hydrogens (tertiary/aromatic N) is 1. The summed E-state index contributed by atoms with van der Waals surface area (Å²) < 4.78 is 39.5. The van der Waals surface area contributed by atoms with E-state index in [0.717, 1.165) is 25.3 Å². The third-order valence-corrected chi connectivity index (χ3v) is 4.62. The maximum Gasteiger partial charge on any atom is 0.419 e. The van der Waals surface area contributed by atoms with Crippen LogP contribution in [0.2, 0.25) is 0 Å². The van der Waals surface area contributed by atoms with Gasteiger partial charge in [0.25, 0.3) is 0 Å². The first-order chi connectivity index (χ1) is 9.29. The van der Waals surface area contributed by atoms with E-state index in [1.807, 2.05) is 0 Å². The lowest BCUT2D eigenvalue weighted by Crippen LogP contribution is -2.36. The molecule has 2 nitrogen and oxygen atoms in total. The monoisotopic (exact) mass is 350 g/mol. The second kappa shape index (κ2) is 5.92. The first kappa shape index (κ1) is 15.6. The molecular formula is C14H18BrF3N2. The largest absolute Gasteiger partial charge is 0.419 e. The van der Waals surface area contributed by atoms with E-state index < -0.39 is 11.7 Å². The van der Waals surface area contributed by atoms with Crippen LogP contribution < -0.4 is 5.32 Å². The zero-order valence-corrected chi connectivity index (χ0v) is 13.1. The van der Waals surface area contributed by atoms with Crippen LogP contribution in [-0.4, -0.2) is 11.0 Å². The zero-order chi connectivity index (χ0) is 14.9. The Morgan fingerprint density at radius 3 is 2.65 bits per heavy atom. The van der Waals surface area contributed by atoms with Crippen LogP contribution in [0, 0.1) is 11.8 Å². The molecule has 0 radical (unpaired) electrons. The van der Waals surface area contributed by atoms with Crippen LogP contribution in [0.15, 0.2) is 16.7 Å². The summed E-state index contributed by atoms with van der Waals surface area (Å²) in [6, 6.07) is 1.13. The summed E-state index contributed by atoms with van der Waals surface area (Å²) in [7, 11) is 0. The van der Waals surface area contributed by atoms with Gasteiger partial charge in [-0.05, 0) is 40.3 Å². The minimum Gasteiger partial charge on any atom is -0.367 e. The summed E-state index contributed by atoms with van der Waals surface area (Å²) >= 11 is 3.05. The van der Waals surface area contributed by atoms with E-state index in [1.165, 1.54) is 6.20 Å². The smallest absolute Gasteiger partial charge is 0.367 e. The van der Waals surface area contributed by atoms with E-state index in [9.17, 15) is 13.2 Å². The van der Waals surface area contributed by atoms with Crippen molar-refractivity contribution in [1.29, 1.82) is 0 Å². The van der Waals surface area contributed by atoms with Gasteiger partial charge in [0.05, 0.1) is 5.56 Å². The first-order valence-electron chi connectivity index (χ1n) is 6.78. The molecule has 20 heavy (non-hydrogen) atoms. The molecule has 1 aliphatic carbocycles. The fourth-order valence-electron chi connectivity index (χ4n) is 2.73. The summed E-state index contributed by atoms with van der Waals surface area (Å²) in [4.78, 5) is 3.92. The second-order valence-corrected chi connectivity index (χ2v) is 6.48. The Morgan fingerprint density at radius 2 is 2.00 bits per heavy atom. The molecule has 0 aromatic carbocycles. The summed E-state index contributed by atoms with van der Waals surface area (Å²) in [5.74, 6) is 0.799. The molecule has 3 atom stereocenters. The molecule has 112 valence electrons. The standard InChI is InChI=1S/C14H18BrF3N2/c1-8-4-3-5-12(9(8)2)20-13-11(14(16,17)18)6-10(15)7-19-13/h6-9,12H,3-5H2,1-2H3,(H,19,20). The van der Waals surface area contributed by atoms with Crippen molar-refractivity contribution in [3.8, 4) is 0 Å². The highest BCUT2D eigenvalue weighted by atomic mass is 79.9. The Balaban J connectivity index is 2.25. The highest BCUT2D eigenvalue weighted by molar-refractivity contribution is 9.10. The third-order valence-electron chi connectivity index (χ3n) is 4.19. The van der Waals surface area contributed by atoms with E-state index in [-0.39, 0.29) is 11.9 Å². The lowest BCUT2D eigenvalue weighted by molar-refractivity contribution is -0.137. The van der Waals surface area contributed by atoms with Crippen molar-refractivity contribution in [3.63, 3.8) is 0 Å². The maximum absolute atomic E-state index is 13.1. The Morgan fingerprint density at radius 1 is 1.30 bits per heavy atom. The number of aromatic nitrogens is 1. The number of anilines is 1. The SMILES string of the molecule is CC1CCCC(Nc2ncc(Br)cc2C(F)(F)F)C1C. The Kier molecular flexibility index (Phi) is 4.62. The van der Waals surface area contributed by atoms with Crippen LogP contribution in [0.3, 0.4) is 0 Å². The van der Waals surface area contributed by atoms with Crippen molar-refractivity contribution in [2.24, 2.45) is 11.8 Å². The van der Waals surface area contributed by atoms with E-state index in [0.29, 0.717) is 16.3 Å². The van der Waals surface area contributed by atoms with Crippen LogP contribution >= 0.6 is 15.9 Å². The average Bonchev–Trinajstić information content (AvgIpc) is 2.36. The highest BCUT2D eigenvalue weighted by Crippen LogP contribution is 2.37. The normalized spacial score (nSPS) is 27.4. The fraction of sp³-hybridized carbons (Fsp3) is 0.643. The predicted molar refractivity (Wildman–Crippen MR) is 76.5 cm³/mol. The summed E-state index contributed by atoms with van der Waals surface area (Å²) in [6.45, 7) is 4.24. The number of rotatable bonds is 2. The average molecular weight is 351 g/mol. The highest BCUT2D eigenvalue weighted by Gasteiger charge is 2.36. The third kappa shape index (κ3) is 3.45. The molecule has 1 aromatic rings. The van der Waals surface area contributed by atoms with Gasteiger partial charge >= 0.3 is 6.18 Å². The number of hydrogen-bond donors (Lipinski definition) is 1. The quantitative estimate of drug-likeness (QED) is 0.802. The molecule has 6 heteroatoms. The predicted octanol–water partition coefficient (Wildman–Crippen LogP) is 5.10. The summed E-state index contributed by atoms with van der Waals surface area (Å²) in [5.41, 5.74) is -0.711. The maximum atomic E-state index is 13.1. The second-order valence-electron chi connectivity index (χ2n) is 5.57. The Hall–Kier alpha value is -0.780. The first-order valence-corrected chi connectivity index (χ1v) is 7.57. The molecule has 1 saturated carbocycles.